The van der Waals surface area contributed by atoms with Crippen LogP contribution >= 0.6 is 11.8 Å². The monoisotopic (exact) mass is 275 g/mol. The molecule has 0 heterocycles. The third-order valence-corrected chi connectivity index (χ3v) is 3.92. The molecule has 4 nitrogen and oxygen atoms in total. The molecule has 0 amide bonds. The lowest BCUT2D eigenvalue weighted by molar-refractivity contribution is 0.143. The van der Waals surface area contributed by atoms with Crippen molar-refractivity contribution in [2.75, 3.05) is 39.6 Å². The quantitative estimate of drug-likeness (QED) is 0.384. The first kappa shape index (κ1) is 17.6. The lowest BCUT2D eigenvalue weighted by Gasteiger charge is -2.23. The van der Waals surface area contributed by atoms with E-state index >= 15 is 0 Å². The summed E-state index contributed by atoms with van der Waals surface area (Å²) >= 11 is 1.86. The summed E-state index contributed by atoms with van der Waals surface area (Å²) in [5.74, 6) is 0.883. The predicted molar refractivity (Wildman–Crippen MR) is 82.7 cm³/mol. The zero-order valence-corrected chi connectivity index (χ0v) is 13.3. The first-order valence-electron chi connectivity index (χ1n) is 6.63. The zero-order chi connectivity index (χ0) is 13.9. The van der Waals surface area contributed by atoms with E-state index in [1.807, 2.05) is 25.7 Å². The van der Waals surface area contributed by atoms with E-state index in [0.717, 1.165) is 45.1 Å². The maximum Gasteiger partial charge on any atom is 0.191 e. The number of aliphatic imine (C=N–C) groups is 1. The van der Waals surface area contributed by atoms with Gasteiger partial charge in [0.05, 0.1) is 0 Å². The molecule has 5 heteroatoms. The number of rotatable bonds is 9. The second-order valence-electron chi connectivity index (χ2n) is 4.72. The molecule has 0 aliphatic heterocycles. The van der Waals surface area contributed by atoms with Gasteiger partial charge in [-0.05, 0) is 39.9 Å². The number of hydrogen-bond acceptors (Lipinski definition) is 3. The molecular formula is C13H29N3OS. The molecule has 108 valence electrons. The summed E-state index contributed by atoms with van der Waals surface area (Å²) < 4.78 is 5.53. The van der Waals surface area contributed by atoms with Gasteiger partial charge in [0, 0.05) is 38.1 Å². The van der Waals surface area contributed by atoms with E-state index in [0.29, 0.717) is 0 Å². The van der Waals surface area contributed by atoms with Gasteiger partial charge in [0.25, 0.3) is 0 Å². The highest BCUT2D eigenvalue weighted by atomic mass is 32.2. The third kappa shape index (κ3) is 9.59. The van der Waals surface area contributed by atoms with E-state index in [9.17, 15) is 0 Å². The van der Waals surface area contributed by atoms with Crippen molar-refractivity contribution in [1.82, 2.24) is 10.6 Å². The Bertz CT molecular complexity index is 232. The van der Waals surface area contributed by atoms with Gasteiger partial charge < -0.3 is 15.4 Å². The summed E-state index contributed by atoms with van der Waals surface area (Å²) in [5, 5.41) is 6.67. The molecule has 0 aromatic heterocycles. The van der Waals surface area contributed by atoms with Crippen molar-refractivity contribution in [3.63, 3.8) is 0 Å². The minimum absolute atomic E-state index is 0.229. The highest BCUT2D eigenvalue weighted by molar-refractivity contribution is 7.99. The summed E-state index contributed by atoms with van der Waals surface area (Å²) in [5.41, 5.74) is 0. The lowest BCUT2D eigenvalue weighted by Crippen LogP contribution is -2.43. The number of ether oxygens (including phenoxy) is 1. The first-order chi connectivity index (χ1) is 8.55. The predicted octanol–water partition coefficient (Wildman–Crippen LogP) is 2.11. The molecule has 0 atom stereocenters. The largest absolute Gasteiger partial charge is 0.382 e. The summed E-state index contributed by atoms with van der Waals surface area (Å²) in [6, 6.07) is 0. The Morgan fingerprint density at radius 1 is 1.28 bits per heavy atom. The molecule has 0 saturated heterocycles. The fourth-order valence-corrected chi connectivity index (χ4v) is 1.49. The molecule has 0 radical (unpaired) electrons. The molecule has 0 fully saturated rings. The van der Waals surface area contributed by atoms with Crippen molar-refractivity contribution in [2.24, 2.45) is 4.99 Å². The number of guanidine groups is 1. The Kier molecular flexibility index (Phi) is 10.3. The van der Waals surface area contributed by atoms with Crippen LogP contribution in [0, 0.1) is 0 Å². The van der Waals surface area contributed by atoms with Gasteiger partial charge in [0.1, 0.15) is 0 Å². The van der Waals surface area contributed by atoms with Crippen LogP contribution in [0.4, 0.5) is 0 Å². The Morgan fingerprint density at radius 3 is 2.56 bits per heavy atom. The van der Waals surface area contributed by atoms with E-state index < -0.39 is 0 Å². The Balaban J connectivity index is 3.66. The highest BCUT2D eigenvalue weighted by Gasteiger charge is 2.15. The molecule has 0 aromatic carbocycles. The average Bonchev–Trinajstić information content (AvgIpc) is 2.37. The maximum atomic E-state index is 5.30. The van der Waals surface area contributed by atoms with Gasteiger partial charge in [0.15, 0.2) is 5.96 Å². The topological polar surface area (TPSA) is 45.6 Å². The van der Waals surface area contributed by atoms with Gasteiger partial charge in [-0.25, -0.2) is 0 Å². The van der Waals surface area contributed by atoms with Gasteiger partial charge in [-0.3, -0.25) is 4.99 Å². The Morgan fingerprint density at radius 2 is 2.00 bits per heavy atom. The molecule has 0 aliphatic carbocycles. The summed E-state index contributed by atoms with van der Waals surface area (Å²) in [7, 11) is 1.81. The molecule has 0 aliphatic rings. The zero-order valence-electron chi connectivity index (χ0n) is 12.5. The fourth-order valence-electron chi connectivity index (χ4n) is 1.27. The van der Waals surface area contributed by atoms with Crippen LogP contribution in [0.5, 0.6) is 0 Å². The van der Waals surface area contributed by atoms with Crippen LogP contribution in [0.25, 0.3) is 0 Å². The first-order valence-corrected chi connectivity index (χ1v) is 7.85. The van der Waals surface area contributed by atoms with Crippen molar-refractivity contribution in [2.45, 2.75) is 38.4 Å². The minimum Gasteiger partial charge on any atom is -0.382 e. The van der Waals surface area contributed by atoms with Crippen molar-refractivity contribution in [3.05, 3.63) is 0 Å². The van der Waals surface area contributed by atoms with Crippen LogP contribution in [0.2, 0.25) is 0 Å². The van der Waals surface area contributed by atoms with Crippen molar-refractivity contribution in [3.8, 4) is 0 Å². The number of nitrogens with zero attached hydrogens (tertiary/aromatic N) is 1. The van der Waals surface area contributed by atoms with Crippen molar-refractivity contribution in [1.29, 1.82) is 0 Å². The van der Waals surface area contributed by atoms with Gasteiger partial charge in [-0.2, -0.15) is 11.8 Å². The third-order valence-electron chi connectivity index (χ3n) is 2.67. The minimum atomic E-state index is 0.229. The molecular weight excluding hydrogens is 246 g/mol. The number of thioether (sulfide) groups is 1. The summed E-state index contributed by atoms with van der Waals surface area (Å²) in [6.45, 7) is 9.97. The molecule has 0 aromatic rings. The number of nitrogens with one attached hydrogen (secondary N) is 2. The molecule has 0 saturated carbocycles. The van der Waals surface area contributed by atoms with Gasteiger partial charge in [-0.15, -0.1) is 0 Å². The molecule has 0 unspecified atom stereocenters. The Labute approximate surface area is 116 Å². The van der Waals surface area contributed by atoms with E-state index in [1.165, 1.54) is 0 Å². The molecule has 2 N–H and O–H groups in total. The van der Waals surface area contributed by atoms with Gasteiger partial charge in [-0.1, -0.05) is 0 Å². The van der Waals surface area contributed by atoms with Crippen LogP contribution in [0.3, 0.4) is 0 Å². The van der Waals surface area contributed by atoms with E-state index in [1.54, 1.807) is 0 Å². The van der Waals surface area contributed by atoms with Gasteiger partial charge >= 0.3 is 0 Å². The standard InChI is InChI=1S/C13H29N3OS/c1-6-17-10-8-7-9-15-12(14-4)16-11-13(2,3)18-5/h6-11H2,1-5H3,(H2,14,15,16). The molecule has 0 rings (SSSR count). The van der Waals surface area contributed by atoms with Crippen LogP contribution < -0.4 is 10.6 Å². The maximum absolute atomic E-state index is 5.30. The summed E-state index contributed by atoms with van der Waals surface area (Å²) in [6.07, 6.45) is 4.33. The van der Waals surface area contributed by atoms with Crippen LogP contribution in [-0.4, -0.2) is 50.3 Å². The normalized spacial score (nSPS) is 12.6. The van der Waals surface area contributed by atoms with E-state index in [4.69, 9.17) is 4.74 Å². The Hall–Kier alpha value is -0.420. The highest BCUT2D eigenvalue weighted by Crippen LogP contribution is 2.19. The number of hydrogen-bond donors (Lipinski definition) is 2. The second kappa shape index (κ2) is 10.5. The summed E-state index contributed by atoms with van der Waals surface area (Å²) in [4.78, 5) is 4.21. The molecule has 18 heavy (non-hydrogen) atoms. The molecule has 0 bridgehead atoms. The smallest absolute Gasteiger partial charge is 0.191 e. The number of unbranched alkanes of at least 4 members (excludes halogenated alkanes) is 1. The SMILES string of the molecule is CCOCCCCNC(=NC)NCC(C)(C)SC. The van der Waals surface area contributed by atoms with Crippen molar-refractivity contribution >= 4 is 17.7 Å². The van der Waals surface area contributed by atoms with Crippen LogP contribution in [-0.2, 0) is 4.74 Å². The fraction of sp³-hybridized carbons (Fsp3) is 0.923. The van der Waals surface area contributed by atoms with Crippen LogP contribution in [0.1, 0.15) is 33.6 Å². The molecule has 0 spiro atoms. The second-order valence-corrected chi connectivity index (χ2v) is 6.23. The average molecular weight is 275 g/mol. The van der Waals surface area contributed by atoms with Crippen molar-refractivity contribution < 1.29 is 4.74 Å². The van der Waals surface area contributed by atoms with Crippen LogP contribution in [0.15, 0.2) is 4.99 Å². The van der Waals surface area contributed by atoms with Gasteiger partial charge in [0.2, 0.25) is 0 Å². The lowest BCUT2D eigenvalue weighted by atomic mass is 10.2. The van der Waals surface area contributed by atoms with E-state index in [2.05, 4.69) is 35.7 Å². The van der Waals surface area contributed by atoms with E-state index in [-0.39, 0.29) is 4.75 Å².